The van der Waals surface area contributed by atoms with Gasteiger partial charge in [0.15, 0.2) is 0 Å². The predicted octanol–water partition coefficient (Wildman–Crippen LogP) is 1.72. The Labute approximate surface area is 73.8 Å². The van der Waals surface area contributed by atoms with Crippen LogP contribution < -0.4 is 5.32 Å². The van der Waals surface area contributed by atoms with Crippen LogP contribution >= 0.6 is 0 Å². The highest BCUT2D eigenvalue weighted by Gasteiger charge is 2.19. The minimum Gasteiger partial charge on any atom is -0.307 e. The summed E-state index contributed by atoms with van der Waals surface area (Å²) in [7, 11) is 5.40. The molecule has 1 aromatic carbocycles. The Morgan fingerprint density at radius 2 is 2.08 bits per heavy atom. The van der Waals surface area contributed by atoms with Gasteiger partial charge in [0.2, 0.25) is 0 Å². The Morgan fingerprint density at radius 3 is 2.83 bits per heavy atom. The lowest BCUT2D eigenvalue weighted by Gasteiger charge is -2.03. The summed E-state index contributed by atoms with van der Waals surface area (Å²) in [5.74, 6) is 0. The van der Waals surface area contributed by atoms with Crippen LogP contribution in [-0.2, 0) is 12.8 Å². The van der Waals surface area contributed by atoms with Crippen LogP contribution in [0, 0.1) is 14.0 Å². The van der Waals surface area contributed by atoms with Crippen molar-refractivity contribution in [1.29, 1.82) is 0 Å². The number of fused-ring (bicyclic) bond motifs is 1. The predicted molar refractivity (Wildman–Crippen MR) is 49.8 cm³/mol. The molecule has 0 aliphatic heterocycles. The number of nitrogens with one attached hydrogen (secondary N) is 1. The summed E-state index contributed by atoms with van der Waals surface area (Å²) in [4.78, 5) is 0. The van der Waals surface area contributed by atoms with Crippen LogP contribution in [0.25, 0.3) is 0 Å². The molecule has 1 unspecified atom stereocenters. The normalized spacial score (nSPS) is 21.0. The van der Waals surface area contributed by atoms with Crippen LogP contribution in [0.1, 0.15) is 16.7 Å². The number of hydrogen-bond donors (Lipinski definition) is 1. The molecule has 12 heavy (non-hydrogen) atoms. The van der Waals surface area contributed by atoms with Gasteiger partial charge < -0.3 is 5.32 Å². The summed E-state index contributed by atoms with van der Waals surface area (Å²) in [5.41, 5.74) is 4.24. The maximum absolute atomic E-state index is 5.40. The zero-order valence-electron chi connectivity index (χ0n) is 7.30. The van der Waals surface area contributed by atoms with Gasteiger partial charge in [0.1, 0.15) is 0 Å². The van der Waals surface area contributed by atoms with Gasteiger partial charge in [0, 0.05) is 13.1 Å². The first-order valence-corrected chi connectivity index (χ1v) is 4.34. The summed E-state index contributed by atoms with van der Waals surface area (Å²) in [6.07, 6.45) is 2.15. The Bertz CT molecular complexity index is 291. The van der Waals surface area contributed by atoms with Crippen molar-refractivity contribution < 1.29 is 0 Å². The Hall–Kier alpha value is -0.820. The highest BCUT2D eigenvalue weighted by Crippen LogP contribution is 2.22. The van der Waals surface area contributed by atoms with E-state index in [1.165, 1.54) is 16.7 Å². The molecular formula is C11H13N. The minimum atomic E-state index is 0.446. The standard InChI is InChI=1S/C11H13N/c1-8-3-4-9-6-11(12-2)7-10(9)5-8/h2-5,11-12H,6-7H2,1H3. The molecule has 0 amide bonds. The Balaban J connectivity index is 2.30. The van der Waals surface area contributed by atoms with Gasteiger partial charge in [0.05, 0.1) is 0 Å². The summed E-state index contributed by atoms with van der Waals surface area (Å²) in [5, 5.41) is 2.83. The fourth-order valence-corrected chi connectivity index (χ4v) is 1.86. The smallest absolute Gasteiger partial charge is 0.0410 e. The molecule has 62 valence electrons. The van der Waals surface area contributed by atoms with Gasteiger partial charge in [-0.05, 0) is 30.9 Å². The van der Waals surface area contributed by atoms with Gasteiger partial charge in [-0.15, -0.1) is 0 Å². The summed E-state index contributed by atoms with van der Waals surface area (Å²) < 4.78 is 0. The molecule has 1 aromatic rings. The third-order valence-electron chi connectivity index (χ3n) is 2.53. The summed E-state index contributed by atoms with van der Waals surface area (Å²) >= 11 is 0. The third-order valence-corrected chi connectivity index (χ3v) is 2.53. The average molecular weight is 159 g/mol. The Morgan fingerprint density at radius 1 is 1.33 bits per heavy atom. The second-order valence-electron chi connectivity index (χ2n) is 3.54. The maximum Gasteiger partial charge on any atom is 0.0410 e. The molecule has 1 aliphatic carbocycles. The van der Waals surface area contributed by atoms with Crippen molar-refractivity contribution in [3.05, 3.63) is 41.9 Å². The lowest BCUT2D eigenvalue weighted by molar-refractivity contribution is 0.617. The van der Waals surface area contributed by atoms with Crippen LogP contribution in [0.15, 0.2) is 18.2 Å². The molecule has 0 aromatic heterocycles. The van der Waals surface area contributed by atoms with Crippen LogP contribution in [0.5, 0.6) is 0 Å². The maximum atomic E-state index is 5.40. The molecule has 1 heteroatoms. The molecule has 1 atom stereocenters. The molecule has 0 spiro atoms. The molecule has 1 N–H and O–H groups in total. The second-order valence-corrected chi connectivity index (χ2v) is 3.54. The molecule has 0 saturated heterocycles. The van der Waals surface area contributed by atoms with Crippen LogP contribution in [0.4, 0.5) is 0 Å². The molecule has 0 saturated carbocycles. The van der Waals surface area contributed by atoms with Crippen molar-refractivity contribution >= 4 is 0 Å². The van der Waals surface area contributed by atoms with E-state index >= 15 is 0 Å². The summed E-state index contributed by atoms with van der Waals surface area (Å²) in [6, 6.07) is 7.08. The van der Waals surface area contributed by atoms with Gasteiger partial charge in [-0.1, -0.05) is 23.8 Å². The quantitative estimate of drug-likeness (QED) is 0.615. The van der Waals surface area contributed by atoms with Crippen LogP contribution in [0.2, 0.25) is 0 Å². The van der Waals surface area contributed by atoms with E-state index in [2.05, 4.69) is 30.4 Å². The van der Waals surface area contributed by atoms with E-state index in [1.807, 2.05) is 0 Å². The second kappa shape index (κ2) is 2.91. The van der Waals surface area contributed by atoms with E-state index in [0.717, 1.165) is 12.8 Å². The van der Waals surface area contributed by atoms with Crippen molar-refractivity contribution in [2.75, 3.05) is 0 Å². The summed E-state index contributed by atoms with van der Waals surface area (Å²) in [6.45, 7) is 2.13. The van der Waals surface area contributed by atoms with Crippen LogP contribution in [-0.4, -0.2) is 6.04 Å². The largest absolute Gasteiger partial charge is 0.307 e. The molecule has 0 bridgehead atoms. The highest BCUT2D eigenvalue weighted by atomic mass is 14.9. The van der Waals surface area contributed by atoms with Gasteiger partial charge in [-0.25, -0.2) is 0 Å². The number of hydrogen-bond acceptors (Lipinski definition) is 1. The number of rotatable bonds is 1. The van der Waals surface area contributed by atoms with E-state index in [0.29, 0.717) is 6.04 Å². The topological polar surface area (TPSA) is 12.0 Å². The number of benzene rings is 1. The van der Waals surface area contributed by atoms with E-state index in [-0.39, 0.29) is 0 Å². The van der Waals surface area contributed by atoms with Crippen molar-refractivity contribution in [2.45, 2.75) is 25.8 Å². The van der Waals surface area contributed by atoms with Crippen molar-refractivity contribution in [3.8, 4) is 0 Å². The zero-order valence-corrected chi connectivity index (χ0v) is 7.30. The lowest BCUT2D eigenvalue weighted by Crippen LogP contribution is -2.22. The van der Waals surface area contributed by atoms with Gasteiger partial charge >= 0.3 is 0 Å². The van der Waals surface area contributed by atoms with Gasteiger partial charge in [-0.3, -0.25) is 0 Å². The van der Waals surface area contributed by atoms with E-state index in [9.17, 15) is 0 Å². The average Bonchev–Trinajstić information content (AvgIpc) is 2.46. The SMILES string of the molecule is [CH]NC1Cc2ccc(C)cc2C1. The van der Waals surface area contributed by atoms with Crippen molar-refractivity contribution in [3.63, 3.8) is 0 Å². The van der Waals surface area contributed by atoms with Gasteiger partial charge in [-0.2, -0.15) is 0 Å². The molecule has 0 heterocycles. The van der Waals surface area contributed by atoms with E-state index < -0.39 is 0 Å². The molecule has 0 fully saturated rings. The molecule has 2 radical (unpaired) electrons. The first-order chi connectivity index (χ1) is 5.79. The zero-order chi connectivity index (χ0) is 8.55. The van der Waals surface area contributed by atoms with E-state index in [4.69, 9.17) is 7.05 Å². The molecule has 2 rings (SSSR count). The number of aryl methyl sites for hydroxylation is 1. The first kappa shape index (κ1) is 7.81. The molecule has 1 aliphatic rings. The van der Waals surface area contributed by atoms with Gasteiger partial charge in [0.25, 0.3) is 0 Å². The fraction of sp³-hybridized carbons (Fsp3) is 0.364. The van der Waals surface area contributed by atoms with Crippen LogP contribution in [0.3, 0.4) is 0 Å². The molecule has 1 nitrogen and oxygen atoms in total. The van der Waals surface area contributed by atoms with Crippen molar-refractivity contribution in [2.24, 2.45) is 0 Å². The fourth-order valence-electron chi connectivity index (χ4n) is 1.86. The van der Waals surface area contributed by atoms with E-state index in [1.54, 1.807) is 0 Å². The minimum absolute atomic E-state index is 0.446. The third kappa shape index (κ3) is 1.25. The lowest BCUT2D eigenvalue weighted by atomic mass is 10.1. The Kier molecular flexibility index (Phi) is 1.89. The van der Waals surface area contributed by atoms with Crippen molar-refractivity contribution in [1.82, 2.24) is 5.32 Å². The molecular weight excluding hydrogens is 146 g/mol. The monoisotopic (exact) mass is 159 g/mol. The highest BCUT2D eigenvalue weighted by molar-refractivity contribution is 5.36. The first-order valence-electron chi connectivity index (χ1n) is 4.34.